The van der Waals surface area contributed by atoms with Gasteiger partial charge in [-0.25, -0.2) is 9.59 Å². The number of carbonyl (C=O) groups is 3. The van der Waals surface area contributed by atoms with Crippen LogP contribution in [0.3, 0.4) is 0 Å². The Morgan fingerprint density at radius 1 is 0.868 bits per heavy atom. The van der Waals surface area contributed by atoms with E-state index >= 15 is 0 Å². The molecule has 38 heavy (non-hydrogen) atoms. The fourth-order valence-electron chi connectivity index (χ4n) is 4.17. The van der Waals surface area contributed by atoms with Crippen LogP contribution in [0, 0.1) is 5.92 Å². The molecule has 2 rings (SSSR count). The number of carbonyl (C=O) groups excluding carboxylic acids is 1. The van der Waals surface area contributed by atoms with Crippen LogP contribution in [0.2, 0.25) is 0 Å². The summed E-state index contributed by atoms with van der Waals surface area (Å²) in [7, 11) is 0. The molecule has 0 saturated heterocycles. The molecule has 2 aromatic carbocycles. The quantitative estimate of drug-likeness (QED) is 0.188. The van der Waals surface area contributed by atoms with Crippen molar-refractivity contribution in [3.05, 3.63) is 77.4 Å². The Hall–Kier alpha value is -3.49. The number of aliphatic hydroxyl groups excluding tert-OH is 1. The second-order valence-electron chi connectivity index (χ2n) is 10.0. The van der Waals surface area contributed by atoms with Crippen LogP contribution in [-0.4, -0.2) is 51.9 Å². The van der Waals surface area contributed by atoms with E-state index in [1.807, 2.05) is 50.2 Å². The first-order valence-corrected chi connectivity index (χ1v) is 12.9. The fraction of sp³-hybridized carbons (Fsp3) is 0.433. The molecular weight excluding hydrogens is 486 g/mol. The van der Waals surface area contributed by atoms with Crippen LogP contribution < -0.4 is 9.64 Å². The monoisotopic (exact) mass is 528 g/mol. The number of hydrogen-bond donors (Lipinski definition) is 4. The van der Waals surface area contributed by atoms with E-state index in [9.17, 15) is 19.5 Å². The third kappa shape index (κ3) is 11.3. The summed E-state index contributed by atoms with van der Waals surface area (Å²) in [6.45, 7) is 13.7. The van der Waals surface area contributed by atoms with Gasteiger partial charge in [-0.1, -0.05) is 50.2 Å². The van der Waals surface area contributed by atoms with Gasteiger partial charge in [-0.15, -0.1) is 0 Å². The van der Waals surface area contributed by atoms with Crippen LogP contribution >= 0.6 is 0 Å². The summed E-state index contributed by atoms with van der Waals surface area (Å²) in [5, 5.41) is 25.4. The topological polar surface area (TPSA) is 126 Å². The maximum Gasteiger partial charge on any atom is 0.328 e. The highest BCUT2D eigenvalue weighted by atomic mass is 16.5. The van der Waals surface area contributed by atoms with Crippen molar-refractivity contribution < 1.29 is 39.3 Å². The Bertz CT molecular complexity index is 1040. The standard InChI is InChI=1S/C26H37NO3.C4H4O4/c1-18(2)26(29)30-25-13-12-21(17-28)16-24(25)23(22-10-8-7-9-11-22)14-15-27(19(3)4)20(5)6;5-3(6)1-2-4(7)8/h7-13,16,18-20,23,28H,14-15,17H2,1-6H3;1-2H,(H,5,6)(H,7,8)/p+1/b;2-1+/t23-;/m1./s1. The van der Waals surface area contributed by atoms with E-state index in [-0.39, 0.29) is 24.4 Å². The molecule has 0 fully saturated rings. The lowest BCUT2D eigenvalue weighted by Crippen LogP contribution is -3.17. The smallest absolute Gasteiger partial charge is 0.328 e. The number of nitrogens with one attached hydrogen (secondary N) is 1. The zero-order chi connectivity index (χ0) is 28.8. The molecule has 0 aliphatic carbocycles. The van der Waals surface area contributed by atoms with E-state index in [4.69, 9.17) is 14.9 Å². The Labute approximate surface area is 225 Å². The first-order chi connectivity index (χ1) is 17.9. The van der Waals surface area contributed by atoms with Gasteiger partial charge < -0.3 is 25.0 Å². The number of carboxylic acids is 2. The molecule has 0 unspecified atom stereocenters. The number of esters is 1. The van der Waals surface area contributed by atoms with Gasteiger partial charge in [0.1, 0.15) is 5.75 Å². The van der Waals surface area contributed by atoms with Crippen LogP contribution in [0.25, 0.3) is 0 Å². The van der Waals surface area contributed by atoms with Crippen molar-refractivity contribution in [2.75, 3.05) is 6.54 Å². The zero-order valence-corrected chi connectivity index (χ0v) is 23.2. The van der Waals surface area contributed by atoms with Gasteiger partial charge in [0.15, 0.2) is 0 Å². The Morgan fingerprint density at radius 3 is 1.87 bits per heavy atom. The summed E-state index contributed by atoms with van der Waals surface area (Å²) in [6.07, 6.45) is 2.04. The molecule has 0 spiro atoms. The molecule has 0 aromatic heterocycles. The van der Waals surface area contributed by atoms with Crippen LogP contribution in [0.4, 0.5) is 0 Å². The van der Waals surface area contributed by atoms with E-state index in [0.29, 0.717) is 30.0 Å². The highest BCUT2D eigenvalue weighted by Gasteiger charge is 2.25. The molecule has 0 amide bonds. The van der Waals surface area contributed by atoms with E-state index in [1.165, 1.54) is 5.56 Å². The summed E-state index contributed by atoms with van der Waals surface area (Å²) in [5.41, 5.74) is 2.99. The van der Waals surface area contributed by atoms with Gasteiger partial charge in [0.05, 0.1) is 31.2 Å². The van der Waals surface area contributed by atoms with Gasteiger partial charge in [0, 0.05) is 30.1 Å². The van der Waals surface area contributed by atoms with Crippen LogP contribution in [0.15, 0.2) is 60.7 Å². The molecule has 0 radical (unpaired) electrons. The third-order valence-electron chi connectivity index (χ3n) is 6.09. The summed E-state index contributed by atoms with van der Waals surface area (Å²) < 4.78 is 5.78. The lowest BCUT2D eigenvalue weighted by atomic mass is 9.86. The largest absolute Gasteiger partial charge is 0.478 e. The maximum atomic E-state index is 12.3. The fourth-order valence-corrected chi connectivity index (χ4v) is 4.17. The van der Waals surface area contributed by atoms with E-state index < -0.39 is 11.9 Å². The Balaban J connectivity index is 0.000000781. The second-order valence-corrected chi connectivity index (χ2v) is 10.0. The zero-order valence-electron chi connectivity index (χ0n) is 23.2. The molecule has 0 saturated carbocycles. The van der Waals surface area contributed by atoms with Crippen LogP contribution in [0.5, 0.6) is 5.75 Å². The van der Waals surface area contributed by atoms with E-state index in [2.05, 4.69) is 39.8 Å². The third-order valence-corrected chi connectivity index (χ3v) is 6.09. The van der Waals surface area contributed by atoms with Gasteiger partial charge >= 0.3 is 17.9 Å². The number of ether oxygens (including phenoxy) is 1. The number of aliphatic carboxylic acids is 2. The molecule has 0 aliphatic rings. The minimum absolute atomic E-state index is 0.0394. The first-order valence-electron chi connectivity index (χ1n) is 12.9. The van der Waals surface area contributed by atoms with Crippen molar-refractivity contribution in [2.45, 2.75) is 72.6 Å². The summed E-state index contributed by atoms with van der Waals surface area (Å²) in [4.78, 5) is 33.0. The maximum absolute atomic E-state index is 12.3. The van der Waals surface area contributed by atoms with Crippen LogP contribution in [-0.2, 0) is 21.0 Å². The van der Waals surface area contributed by atoms with Crippen LogP contribution in [0.1, 0.15) is 70.6 Å². The normalized spacial score (nSPS) is 12.1. The van der Waals surface area contributed by atoms with Gasteiger partial charge in [0.2, 0.25) is 0 Å². The van der Waals surface area contributed by atoms with Crippen molar-refractivity contribution in [1.82, 2.24) is 0 Å². The minimum atomic E-state index is -1.26. The second kappa shape index (κ2) is 16.4. The average Bonchev–Trinajstić information content (AvgIpc) is 2.86. The van der Waals surface area contributed by atoms with Crippen molar-refractivity contribution >= 4 is 17.9 Å². The lowest BCUT2D eigenvalue weighted by molar-refractivity contribution is -0.942. The average molecular weight is 529 g/mol. The summed E-state index contributed by atoms with van der Waals surface area (Å²) in [5.74, 6) is -2.28. The number of aliphatic hydroxyl groups is 1. The molecule has 2 aromatic rings. The molecule has 4 N–H and O–H groups in total. The van der Waals surface area contributed by atoms with Crippen molar-refractivity contribution in [3.8, 4) is 5.75 Å². The Morgan fingerprint density at radius 2 is 1.42 bits per heavy atom. The van der Waals surface area contributed by atoms with Crippen molar-refractivity contribution in [3.63, 3.8) is 0 Å². The number of rotatable bonds is 12. The number of carboxylic acid groups (broad SMARTS) is 2. The van der Waals surface area contributed by atoms with E-state index in [1.54, 1.807) is 4.90 Å². The van der Waals surface area contributed by atoms with Gasteiger partial charge in [-0.05, 0) is 51.0 Å². The highest BCUT2D eigenvalue weighted by molar-refractivity contribution is 5.89. The predicted octanol–water partition coefficient (Wildman–Crippen LogP) is 3.68. The predicted molar refractivity (Wildman–Crippen MR) is 146 cm³/mol. The summed E-state index contributed by atoms with van der Waals surface area (Å²) in [6, 6.07) is 17.1. The lowest BCUT2D eigenvalue weighted by Gasteiger charge is -2.30. The van der Waals surface area contributed by atoms with Crippen molar-refractivity contribution in [1.29, 1.82) is 0 Å². The number of quaternary nitrogens is 1. The van der Waals surface area contributed by atoms with Crippen molar-refractivity contribution in [2.24, 2.45) is 5.92 Å². The number of benzene rings is 2. The molecule has 8 heteroatoms. The molecule has 1 atom stereocenters. The number of hydrogen-bond acceptors (Lipinski definition) is 5. The molecule has 0 bridgehead atoms. The minimum Gasteiger partial charge on any atom is -0.478 e. The highest BCUT2D eigenvalue weighted by Crippen LogP contribution is 2.35. The van der Waals surface area contributed by atoms with Gasteiger partial charge in [-0.3, -0.25) is 4.79 Å². The molecular formula is C30H42NO7+. The Kier molecular flexibility index (Phi) is 14.0. The first kappa shape index (κ1) is 32.5. The molecule has 8 nitrogen and oxygen atoms in total. The van der Waals surface area contributed by atoms with Gasteiger partial charge in [-0.2, -0.15) is 0 Å². The molecule has 0 heterocycles. The SMILES string of the molecule is CC(C)C(=O)Oc1ccc(CO)cc1[C@H](CC[NH+](C(C)C)C(C)C)c1ccccc1.O=C(O)/C=C/C(=O)O. The van der Waals surface area contributed by atoms with E-state index in [0.717, 1.165) is 24.1 Å². The van der Waals surface area contributed by atoms with Gasteiger partial charge in [0.25, 0.3) is 0 Å². The molecule has 208 valence electrons. The summed E-state index contributed by atoms with van der Waals surface area (Å²) >= 11 is 0. The molecule has 0 aliphatic heterocycles.